The van der Waals surface area contributed by atoms with Crippen LogP contribution in [0.5, 0.6) is 0 Å². The van der Waals surface area contributed by atoms with Gasteiger partial charge < -0.3 is 10.2 Å². The van der Waals surface area contributed by atoms with Crippen molar-refractivity contribution in [2.75, 3.05) is 32.1 Å². The summed E-state index contributed by atoms with van der Waals surface area (Å²) < 4.78 is 0. The maximum absolute atomic E-state index is 3.14. The van der Waals surface area contributed by atoms with Crippen molar-refractivity contribution in [1.82, 2.24) is 5.32 Å². The minimum Gasteiger partial charge on any atom is -0.373 e. The van der Waals surface area contributed by atoms with Crippen molar-refractivity contribution in [3.63, 3.8) is 0 Å². The van der Waals surface area contributed by atoms with Crippen LogP contribution in [-0.4, -0.2) is 27.2 Å². The summed E-state index contributed by atoms with van der Waals surface area (Å²) in [6.07, 6.45) is 0. The molecule has 0 amide bonds. The van der Waals surface area contributed by atoms with Crippen LogP contribution in [0.1, 0.15) is 20.8 Å². The molecule has 0 heterocycles. The van der Waals surface area contributed by atoms with E-state index in [1.54, 1.807) is 0 Å². The molecular weight excluding hydrogens is 184 g/mol. The molecule has 1 aromatic rings. The summed E-state index contributed by atoms with van der Waals surface area (Å²) >= 11 is 0. The van der Waals surface area contributed by atoms with Crippen molar-refractivity contribution in [3.8, 4) is 0 Å². The summed E-state index contributed by atoms with van der Waals surface area (Å²) in [5.41, 5.74) is 2.60. The summed E-state index contributed by atoms with van der Waals surface area (Å²) in [6.45, 7) is 8.18. The molecule has 15 heavy (non-hydrogen) atoms. The van der Waals surface area contributed by atoms with Crippen molar-refractivity contribution < 1.29 is 1.43 Å². The lowest BCUT2D eigenvalue weighted by molar-refractivity contribution is 0.767. The summed E-state index contributed by atoms with van der Waals surface area (Å²) in [4.78, 5) is 2.25. The molecule has 88 valence electrons. The maximum atomic E-state index is 3.14. The van der Waals surface area contributed by atoms with Gasteiger partial charge in [-0.05, 0) is 31.7 Å². The molecule has 1 N–H and O–H groups in total. The Morgan fingerprint density at radius 2 is 2.00 bits per heavy atom. The fraction of sp³-hybridized carbons (Fsp3) is 0.538. The first kappa shape index (κ1) is 14.0. The fourth-order valence-electron chi connectivity index (χ4n) is 1.27. The Morgan fingerprint density at radius 1 is 1.33 bits per heavy atom. The van der Waals surface area contributed by atoms with Gasteiger partial charge in [0.2, 0.25) is 0 Å². The number of nitrogens with zero attached hydrogens (tertiary/aromatic N) is 1. The van der Waals surface area contributed by atoms with Gasteiger partial charge in [-0.15, -0.1) is 0 Å². The monoisotopic (exact) mass is 210 g/mol. The van der Waals surface area contributed by atoms with Gasteiger partial charge in [0.15, 0.2) is 0 Å². The lowest BCUT2D eigenvalue weighted by atomic mass is 10.2. The number of hydrogen-bond acceptors (Lipinski definition) is 2. The van der Waals surface area contributed by atoms with Gasteiger partial charge in [0.25, 0.3) is 0 Å². The number of likely N-dealkylation sites (N-methyl/N-ethyl adjacent to an activating group) is 2. The van der Waals surface area contributed by atoms with Crippen molar-refractivity contribution >= 4 is 5.69 Å². The molecule has 0 aliphatic carbocycles. The number of benzene rings is 1. The number of anilines is 1. The van der Waals surface area contributed by atoms with Gasteiger partial charge >= 0.3 is 0 Å². The molecule has 1 rings (SSSR count). The number of nitrogens with one attached hydrogen (secondary N) is 1. The minimum atomic E-state index is 0. The summed E-state index contributed by atoms with van der Waals surface area (Å²) in [5, 5.41) is 3.14. The van der Waals surface area contributed by atoms with Crippen molar-refractivity contribution in [3.05, 3.63) is 29.8 Å². The highest BCUT2D eigenvalue weighted by molar-refractivity contribution is 5.47. The second kappa shape index (κ2) is 8.30. The predicted molar refractivity (Wildman–Crippen MR) is 71.8 cm³/mol. The van der Waals surface area contributed by atoms with Crippen LogP contribution in [0.3, 0.4) is 0 Å². The highest BCUT2D eigenvalue weighted by Gasteiger charge is 1.98. The molecule has 1 aromatic carbocycles. The van der Waals surface area contributed by atoms with Gasteiger partial charge in [-0.1, -0.05) is 26.0 Å². The van der Waals surface area contributed by atoms with Crippen LogP contribution in [-0.2, 0) is 0 Å². The molecule has 0 spiro atoms. The Hall–Kier alpha value is -1.02. The van der Waals surface area contributed by atoms with Crippen molar-refractivity contribution in [1.29, 1.82) is 0 Å². The van der Waals surface area contributed by atoms with Gasteiger partial charge in [-0.3, -0.25) is 0 Å². The Morgan fingerprint density at radius 3 is 2.53 bits per heavy atom. The summed E-state index contributed by atoms with van der Waals surface area (Å²) in [5.74, 6) is 0. The van der Waals surface area contributed by atoms with Crippen LogP contribution in [0.25, 0.3) is 0 Å². The number of aryl methyl sites for hydroxylation is 1. The van der Waals surface area contributed by atoms with E-state index in [1.165, 1.54) is 11.3 Å². The van der Waals surface area contributed by atoms with Crippen LogP contribution in [0.15, 0.2) is 24.3 Å². The first-order chi connectivity index (χ1) is 7.24. The molecule has 0 fully saturated rings. The average molecular weight is 210 g/mol. The molecule has 0 bridgehead atoms. The largest absolute Gasteiger partial charge is 0.373 e. The number of hydrogen-bond donors (Lipinski definition) is 1. The zero-order valence-electron chi connectivity index (χ0n) is 10.7. The molecule has 2 heteroatoms. The molecule has 0 radical (unpaired) electrons. The maximum Gasteiger partial charge on any atom is 0.0366 e. The molecule has 0 aromatic heterocycles. The van der Waals surface area contributed by atoms with E-state index < -0.39 is 0 Å². The highest BCUT2D eigenvalue weighted by atomic mass is 15.1. The van der Waals surface area contributed by atoms with Gasteiger partial charge in [0.05, 0.1) is 0 Å². The Bertz CT molecular complexity index is 264. The molecule has 0 aliphatic rings. The third-order valence-electron chi connectivity index (χ3n) is 2.14. The summed E-state index contributed by atoms with van der Waals surface area (Å²) in [7, 11) is 4.09. The average Bonchev–Trinajstić information content (AvgIpc) is 2.28. The van der Waals surface area contributed by atoms with Crippen LogP contribution in [0.2, 0.25) is 0 Å². The standard InChI is InChI=1S/C11H18N2.C2H6.H2/c1-10-5-4-6-11(9-10)13(3)8-7-12-2;1-2;/h4-6,9,12H,7-8H2,1-3H3;1-2H3;1H. The van der Waals surface area contributed by atoms with Gasteiger partial charge in [0, 0.05) is 27.3 Å². The summed E-state index contributed by atoms with van der Waals surface area (Å²) in [6, 6.07) is 8.56. The second-order valence-corrected chi connectivity index (χ2v) is 3.36. The molecule has 2 nitrogen and oxygen atoms in total. The van der Waals surface area contributed by atoms with E-state index in [-0.39, 0.29) is 1.43 Å². The zero-order valence-corrected chi connectivity index (χ0v) is 10.7. The molecular formula is C13H26N2. The SMILES string of the molecule is CC.CNCCN(C)c1cccc(C)c1.[HH]. The van der Waals surface area contributed by atoms with Crippen molar-refractivity contribution in [2.45, 2.75) is 20.8 Å². The minimum absolute atomic E-state index is 0. The third kappa shape index (κ3) is 5.43. The van der Waals surface area contributed by atoms with E-state index in [4.69, 9.17) is 0 Å². The molecule has 0 saturated heterocycles. The molecule has 0 saturated carbocycles. The molecule has 0 atom stereocenters. The van der Waals surface area contributed by atoms with Gasteiger partial charge in [-0.25, -0.2) is 0 Å². The molecule has 0 aliphatic heterocycles. The van der Waals surface area contributed by atoms with Crippen LogP contribution >= 0.6 is 0 Å². The second-order valence-electron chi connectivity index (χ2n) is 3.36. The molecule has 0 unspecified atom stereocenters. The normalized spacial score (nSPS) is 9.13. The van der Waals surface area contributed by atoms with Gasteiger partial charge in [-0.2, -0.15) is 0 Å². The third-order valence-corrected chi connectivity index (χ3v) is 2.14. The van der Waals surface area contributed by atoms with Gasteiger partial charge in [0.1, 0.15) is 0 Å². The first-order valence-corrected chi connectivity index (χ1v) is 5.66. The smallest absolute Gasteiger partial charge is 0.0366 e. The predicted octanol–water partition coefficient (Wildman–Crippen LogP) is 2.92. The van der Waals surface area contributed by atoms with Crippen LogP contribution in [0.4, 0.5) is 5.69 Å². The Kier molecular flexibility index (Phi) is 7.74. The lowest BCUT2D eigenvalue weighted by Gasteiger charge is -2.19. The van der Waals surface area contributed by atoms with E-state index in [1.807, 2.05) is 20.9 Å². The number of rotatable bonds is 4. The Balaban J connectivity index is 0. The van der Waals surface area contributed by atoms with E-state index in [9.17, 15) is 0 Å². The quantitative estimate of drug-likeness (QED) is 0.822. The van der Waals surface area contributed by atoms with E-state index >= 15 is 0 Å². The van der Waals surface area contributed by atoms with E-state index in [0.29, 0.717) is 0 Å². The van der Waals surface area contributed by atoms with Crippen LogP contribution < -0.4 is 10.2 Å². The first-order valence-electron chi connectivity index (χ1n) is 5.66. The van der Waals surface area contributed by atoms with E-state index in [0.717, 1.165) is 13.1 Å². The lowest BCUT2D eigenvalue weighted by Crippen LogP contribution is -2.26. The van der Waals surface area contributed by atoms with Crippen LogP contribution in [0, 0.1) is 6.92 Å². The highest BCUT2D eigenvalue weighted by Crippen LogP contribution is 2.13. The fourth-order valence-corrected chi connectivity index (χ4v) is 1.27. The zero-order chi connectivity index (χ0) is 11.7. The van der Waals surface area contributed by atoms with E-state index in [2.05, 4.69) is 48.5 Å². The Labute approximate surface area is 95.8 Å². The topological polar surface area (TPSA) is 15.3 Å². The van der Waals surface area contributed by atoms with Crippen molar-refractivity contribution in [2.24, 2.45) is 0 Å².